The fourth-order valence-corrected chi connectivity index (χ4v) is 3.93. The smallest absolute Gasteiger partial charge is 0.255 e. The Bertz CT molecular complexity index is 922. The minimum atomic E-state index is -0.285. The van der Waals surface area contributed by atoms with E-state index in [1.54, 1.807) is 17.7 Å². The van der Waals surface area contributed by atoms with Crippen LogP contribution in [0.5, 0.6) is 0 Å². The number of aryl methyl sites for hydroxylation is 1. The largest absolute Gasteiger partial charge is 0.468 e. The zero-order valence-electron chi connectivity index (χ0n) is 14.1. The summed E-state index contributed by atoms with van der Waals surface area (Å²) in [5, 5.41) is 3.03. The molecule has 4 rings (SSSR count). The van der Waals surface area contributed by atoms with Gasteiger partial charge < -0.3 is 14.3 Å². The molecule has 2 aliphatic carbocycles. The number of nitrogens with one attached hydrogen (secondary N) is 1. The molecule has 0 spiro atoms. The maximum atomic E-state index is 12.8. The summed E-state index contributed by atoms with van der Waals surface area (Å²) in [4.78, 5) is 36.8. The van der Waals surface area contributed by atoms with E-state index < -0.39 is 0 Å². The van der Waals surface area contributed by atoms with Gasteiger partial charge in [0, 0.05) is 31.6 Å². The molecular weight excluding hydrogens is 320 g/mol. The van der Waals surface area contributed by atoms with Crippen molar-refractivity contribution in [1.82, 2.24) is 9.88 Å². The molecule has 0 aliphatic heterocycles. The van der Waals surface area contributed by atoms with Gasteiger partial charge in [-0.25, -0.2) is 0 Å². The number of hydrogen-bond donors (Lipinski definition) is 1. The van der Waals surface area contributed by atoms with E-state index in [1.165, 1.54) is 12.3 Å². The summed E-state index contributed by atoms with van der Waals surface area (Å²) in [5.41, 5.74) is 2.68. The number of fused-ring (bicyclic) bond motifs is 2. The van der Waals surface area contributed by atoms with E-state index in [1.807, 2.05) is 0 Å². The van der Waals surface area contributed by atoms with Crippen LogP contribution in [0.2, 0.25) is 0 Å². The maximum absolute atomic E-state index is 12.8. The number of hydrogen-bond acceptors (Lipinski definition) is 4. The second-order valence-corrected chi connectivity index (χ2v) is 6.78. The number of aromatic nitrogens is 1. The standard InChI is InChI=1S/C19H20N2O4/c1-21-14-5-2-4-13(11(14)8-9-17(21)23)20-19(24)12-10-25-16-7-3-6-15(22)18(12)16/h8-10,13H,2-7H2,1H3,(H,20,24). The Balaban J connectivity index is 1.64. The average molecular weight is 340 g/mol. The van der Waals surface area contributed by atoms with E-state index >= 15 is 0 Å². The van der Waals surface area contributed by atoms with Crippen LogP contribution in [0.4, 0.5) is 0 Å². The molecule has 0 aromatic carbocycles. The lowest BCUT2D eigenvalue weighted by Gasteiger charge is -2.27. The first-order valence-electron chi connectivity index (χ1n) is 8.69. The first-order valence-corrected chi connectivity index (χ1v) is 8.69. The first-order chi connectivity index (χ1) is 12.1. The fourth-order valence-electron chi connectivity index (χ4n) is 3.93. The Morgan fingerprint density at radius 1 is 1.20 bits per heavy atom. The third kappa shape index (κ3) is 2.62. The zero-order valence-corrected chi connectivity index (χ0v) is 14.1. The molecule has 6 heteroatoms. The van der Waals surface area contributed by atoms with Gasteiger partial charge in [0.25, 0.3) is 5.91 Å². The molecule has 0 bridgehead atoms. The predicted octanol–water partition coefficient (Wildman–Crippen LogP) is 2.30. The van der Waals surface area contributed by atoms with Gasteiger partial charge in [-0.15, -0.1) is 0 Å². The summed E-state index contributed by atoms with van der Waals surface area (Å²) >= 11 is 0. The molecule has 2 aromatic rings. The van der Waals surface area contributed by atoms with Crippen LogP contribution in [0, 0.1) is 0 Å². The van der Waals surface area contributed by atoms with E-state index in [4.69, 9.17) is 4.42 Å². The number of carbonyl (C=O) groups is 2. The zero-order chi connectivity index (χ0) is 17.6. The molecule has 0 radical (unpaired) electrons. The SMILES string of the molecule is Cn1c2c(ccc1=O)C(NC(=O)c1coc3c1C(=O)CCC3)CCC2. The number of Topliss-reactive ketones (excluding diaryl/α,β-unsaturated/α-hetero) is 1. The molecular formula is C19H20N2O4. The molecule has 25 heavy (non-hydrogen) atoms. The number of furan rings is 1. The van der Waals surface area contributed by atoms with E-state index in [2.05, 4.69) is 5.32 Å². The van der Waals surface area contributed by atoms with Gasteiger partial charge in [-0.05, 0) is 37.3 Å². The Kier molecular flexibility index (Phi) is 3.82. The quantitative estimate of drug-likeness (QED) is 0.909. The number of ketones is 1. The minimum absolute atomic E-state index is 0.0217. The Labute approximate surface area is 144 Å². The van der Waals surface area contributed by atoms with Crippen LogP contribution in [0.15, 0.2) is 27.6 Å². The van der Waals surface area contributed by atoms with E-state index in [0.29, 0.717) is 29.7 Å². The van der Waals surface area contributed by atoms with Gasteiger partial charge in [-0.2, -0.15) is 0 Å². The molecule has 0 fully saturated rings. The molecule has 130 valence electrons. The number of carbonyl (C=O) groups excluding carboxylic acids is 2. The Morgan fingerprint density at radius 2 is 2.04 bits per heavy atom. The summed E-state index contributed by atoms with van der Waals surface area (Å²) in [6.45, 7) is 0. The van der Waals surface area contributed by atoms with Gasteiger partial charge >= 0.3 is 0 Å². The highest BCUT2D eigenvalue weighted by Gasteiger charge is 2.30. The molecule has 0 saturated carbocycles. The van der Waals surface area contributed by atoms with Crippen molar-refractivity contribution in [3.8, 4) is 0 Å². The van der Waals surface area contributed by atoms with Gasteiger partial charge in [-0.3, -0.25) is 14.4 Å². The lowest BCUT2D eigenvalue weighted by Crippen LogP contribution is -2.34. The monoisotopic (exact) mass is 340 g/mol. The topological polar surface area (TPSA) is 81.3 Å². The third-order valence-electron chi connectivity index (χ3n) is 5.26. The van der Waals surface area contributed by atoms with Crippen molar-refractivity contribution in [2.45, 2.75) is 44.6 Å². The number of rotatable bonds is 2. The molecule has 6 nitrogen and oxygen atoms in total. The number of amides is 1. The van der Waals surface area contributed by atoms with Crippen LogP contribution < -0.4 is 10.9 Å². The van der Waals surface area contributed by atoms with E-state index in [0.717, 1.165) is 36.9 Å². The molecule has 1 atom stereocenters. The maximum Gasteiger partial charge on any atom is 0.255 e. The van der Waals surface area contributed by atoms with Crippen molar-refractivity contribution < 1.29 is 14.0 Å². The molecule has 1 unspecified atom stereocenters. The van der Waals surface area contributed by atoms with Crippen LogP contribution in [0.1, 0.15) is 69.5 Å². The van der Waals surface area contributed by atoms with Crippen LogP contribution >= 0.6 is 0 Å². The van der Waals surface area contributed by atoms with Crippen molar-refractivity contribution in [3.63, 3.8) is 0 Å². The molecule has 2 aromatic heterocycles. The highest BCUT2D eigenvalue weighted by Crippen LogP contribution is 2.30. The normalized spacial score (nSPS) is 19.2. The molecule has 1 N–H and O–H groups in total. The molecule has 2 aliphatic rings. The lowest BCUT2D eigenvalue weighted by atomic mass is 9.90. The van der Waals surface area contributed by atoms with Crippen LogP contribution in [0.3, 0.4) is 0 Å². The van der Waals surface area contributed by atoms with E-state index in [9.17, 15) is 14.4 Å². The highest BCUT2D eigenvalue weighted by atomic mass is 16.3. The van der Waals surface area contributed by atoms with Gasteiger partial charge in [0.1, 0.15) is 12.0 Å². The summed E-state index contributed by atoms with van der Waals surface area (Å²) < 4.78 is 7.09. The third-order valence-corrected chi connectivity index (χ3v) is 5.26. The van der Waals surface area contributed by atoms with Gasteiger partial charge in [0.05, 0.1) is 17.2 Å². The fraction of sp³-hybridized carbons (Fsp3) is 0.421. The Morgan fingerprint density at radius 3 is 2.88 bits per heavy atom. The van der Waals surface area contributed by atoms with Crippen molar-refractivity contribution in [2.24, 2.45) is 7.05 Å². The minimum Gasteiger partial charge on any atom is -0.468 e. The van der Waals surface area contributed by atoms with Crippen LogP contribution in [-0.2, 0) is 19.9 Å². The summed E-state index contributed by atoms with van der Waals surface area (Å²) in [7, 11) is 1.76. The van der Waals surface area contributed by atoms with Gasteiger partial charge in [0.15, 0.2) is 5.78 Å². The summed E-state index contributed by atoms with van der Waals surface area (Å²) in [5.74, 6) is 0.311. The Hall–Kier alpha value is -2.63. The second kappa shape index (κ2) is 6.02. The van der Waals surface area contributed by atoms with Gasteiger partial charge in [-0.1, -0.05) is 0 Å². The molecule has 0 saturated heterocycles. The van der Waals surface area contributed by atoms with Crippen molar-refractivity contribution in [2.75, 3.05) is 0 Å². The predicted molar refractivity (Wildman–Crippen MR) is 90.8 cm³/mol. The number of pyridine rings is 1. The molecule has 1 amide bonds. The van der Waals surface area contributed by atoms with E-state index in [-0.39, 0.29) is 23.3 Å². The second-order valence-electron chi connectivity index (χ2n) is 6.78. The van der Waals surface area contributed by atoms with Crippen LogP contribution in [0.25, 0.3) is 0 Å². The molecule has 2 heterocycles. The lowest BCUT2D eigenvalue weighted by molar-refractivity contribution is 0.0913. The number of nitrogens with zero attached hydrogens (tertiary/aromatic N) is 1. The van der Waals surface area contributed by atoms with Crippen molar-refractivity contribution in [3.05, 3.63) is 56.9 Å². The van der Waals surface area contributed by atoms with Gasteiger partial charge in [0.2, 0.25) is 5.56 Å². The summed E-state index contributed by atoms with van der Waals surface area (Å²) in [6, 6.07) is 3.18. The first kappa shape index (κ1) is 15.9. The van der Waals surface area contributed by atoms with Crippen molar-refractivity contribution in [1.29, 1.82) is 0 Å². The summed E-state index contributed by atoms with van der Waals surface area (Å²) in [6.07, 6.45) is 5.86. The highest BCUT2D eigenvalue weighted by molar-refractivity contribution is 6.09. The van der Waals surface area contributed by atoms with Crippen LogP contribution in [-0.4, -0.2) is 16.3 Å². The average Bonchev–Trinajstić information content (AvgIpc) is 3.04. The van der Waals surface area contributed by atoms with Crippen molar-refractivity contribution >= 4 is 11.7 Å².